The Morgan fingerprint density at radius 2 is 1.80 bits per heavy atom. The third kappa shape index (κ3) is 3.04. The van der Waals surface area contributed by atoms with Gasteiger partial charge in [-0.05, 0) is 18.1 Å². The normalized spacial score (nSPS) is 14.6. The maximum absolute atomic E-state index is 10.8. The van der Waals surface area contributed by atoms with E-state index < -0.39 is 11.5 Å². The highest BCUT2D eigenvalue weighted by Crippen LogP contribution is 2.12. The van der Waals surface area contributed by atoms with Crippen molar-refractivity contribution in [3.05, 3.63) is 35.4 Å². The number of rotatable bonds is 4. The lowest BCUT2D eigenvalue weighted by molar-refractivity contribution is -0.142. The molecule has 5 N–H and O–H groups in total. The summed E-state index contributed by atoms with van der Waals surface area (Å²) in [4.78, 5) is 10.8. The highest BCUT2D eigenvalue weighted by Gasteiger charge is 2.27. The van der Waals surface area contributed by atoms with Crippen LogP contribution >= 0.6 is 0 Å². The molecule has 15 heavy (non-hydrogen) atoms. The molecule has 0 bridgehead atoms. The van der Waals surface area contributed by atoms with Crippen molar-refractivity contribution in [3.63, 3.8) is 0 Å². The zero-order valence-electron chi connectivity index (χ0n) is 8.73. The highest BCUT2D eigenvalue weighted by molar-refractivity contribution is 5.78. The van der Waals surface area contributed by atoms with Crippen molar-refractivity contribution >= 4 is 5.97 Å². The van der Waals surface area contributed by atoms with E-state index in [9.17, 15) is 4.79 Å². The Morgan fingerprint density at radius 1 is 1.33 bits per heavy atom. The summed E-state index contributed by atoms with van der Waals surface area (Å²) in [5, 5.41) is 8.86. The average Bonchev–Trinajstić information content (AvgIpc) is 2.18. The summed E-state index contributed by atoms with van der Waals surface area (Å²) in [6.07, 6.45) is 0.313. The van der Waals surface area contributed by atoms with Crippen LogP contribution in [-0.2, 0) is 17.8 Å². The Bertz CT molecular complexity index is 344. The van der Waals surface area contributed by atoms with Crippen molar-refractivity contribution in [1.82, 2.24) is 0 Å². The summed E-state index contributed by atoms with van der Waals surface area (Å²) in [6, 6.07) is 7.48. The largest absolute Gasteiger partial charge is 0.480 e. The monoisotopic (exact) mass is 208 g/mol. The van der Waals surface area contributed by atoms with Crippen LogP contribution in [0.5, 0.6) is 0 Å². The molecule has 0 spiro atoms. The Morgan fingerprint density at radius 3 is 2.20 bits per heavy atom. The second kappa shape index (κ2) is 4.42. The maximum atomic E-state index is 10.8. The smallest absolute Gasteiger partial charge is 0.323 e. The number of carboxylic acid groups (broad SMARTS) is 1. The molecule has 82 valence electrons. The molecule has 0 heterocycles. The van der Waals surface area contributed by atoms with Crippen molar-refractivity contribution in [2.24, 2.45) is 11.5 Å². The van der Waals surface area contributed by atoms with Crippen LogP contribution in [0.2, 0.25) is 0 Å². The molecular weight excluding hydrogens is 192 g/mol. The van der Waals surface area contributed by atoms with E-state index in [-0.39, 0.29) is 0 Å². The van der Waals surface area contributed by atoms with E-state index in [1.165, 1.54) is 6.92 Å². The molecule has 1 aromatic rings. The minimum Gasteiger partial charge on any atom is -0.480 e. The molecule has 0 fully saturated rings. The molecule has 0 aliphatic carbocycles. The van der Waals surface area contributed by atoms with Crippen LogP contribution in [0.15, 0.2) is 24.3 Å². The quantitative estimate of drug-likeness (QED) is 0.671. The molecule has 0 aromatic heterocycles. The highest BCUT2D eigenvalue weighted by atomic mass is 16.4. The Balaban J connectivity index is 2.77. The van der Waals surface area contributed by atoms with Crippen LogP contribution in [-0.4, -0.2) is 16.6 Å². The summed E-state index contributed by atoms with van der Waals surface area (Å²) in [5.41, 5.74) is 11.8. The van der Waals surface area contributed by atoms with Crippen LogP contribution < -0.4 is 11.5 Å². The van der Waals surface area contributed by atoms with Gasteiger partial charge in [0.05, 0.1) is 0 Å². The molecule has 0 radical (unpaired) electrons. The number of benzene rings is 1. The molecule has 0 aliphatic rings. The van der Waals surface area contributed by atoms with Gasteiger partial charge in [0.25, 0.3) is 0 Å². The van der Waals surface area contributed by atoms with Gasteiger partial charge in [-0.25, -0.2) is 0 Å². The summed E-state index contributed by atoms with van der Waals surface area (Å²) in [7, 11) is 0. The molecule has 0 amide bonds. The average molecular weight is 208 g/mol. The van der Waals surface area contributed by atoms with Crippen molar-refractivity contribution in [2.45, 2.75) is 25.4 Å². The summed E-state index contributed by atoms with van der Waals surface area (Å²) in [6.45, 7) is 1.99. The first-order valence-electron chi connectivity index (χ1n) is 4.76. The van der Waals surface area contributed by atoms with Crippen LogP contribution in [0.3, 0.4) is 0 Å². The van der Waals surface area contributed by atoms with Gasteiger partial charge < -0.3 is 16.6 Å². The topological polar surface area (TPSA) is 89.3 Å². The molecule has 4 nitrogen and oxygen atoms in total. The Hall–Kier alpha value is -1.39. The fourth-order valence-corrected chi connectivity index (χ4v) is 1.29. The van der Waals surface area contributed by atoms with Crippen LogP contribution in [0.25, 0.3) is 0 Å². The first-order valence-corrected chi connectivity index (χ1v) is 4.76. The number of carboxylic acids is 1. The minimum atomic E-state index is -1.22. The molecular formula is C11H16N2O2. The lowest BCUT2D eigenvalue weighted by atomic mass is 9.94. The first kappa shape index (κ1) is 11.7. The van der Waals surface area contributed by atoms with E-state index >= 15 is 0 Å². The van der Waals surface area contributed by atoms with Crippen LogP contribution in [0.4, 0.5) is 0 Å². The second-order valence-corrected chi connectivity index (χ2v) is 3.92. The SMILES string of the molecule is C[C@](N)(Cc1ccc(CN)cc1)C(=O)O. The lowest BCUT2D eigenvalue weighted by Crippen LogP contribution is -2.46. The fraction of sp³-hybridized carbons (Fsp3) is 0.364. The molecule has 0 aliphatic heterocycles. The number of hydrogen-bond acceptors (Lipinski definition) is 3. The van der Waals surface area contributed by atoms with Crippen LogP contribution in [0.1, 0.15) is 18.1 Å². The molecule has 1 aromatic carbocycles. The van der Waals surface area contributed by atoms with Crippen molar-refractivity contribution in [3.8, 4) is 0 Å². The summed E-state index contributed by atoms with van der Waals surface area (Å²) in [5.74, 6) is -0.995. The van der Waals surface area contributed by atoms with Crippen molar-refractivity contribution < 1.29 is 9.90 Å². The molecule has 1 rings (SSSR count). The first-order chi connectivity index (χ1) is 6.95. The Kier molecular flexibility index (Phi) is 3.44. The predicted molar refractivity (Wildman–Crippen MR) is 58.3 cm³/mol. The molecule has 0 unspecified atom stereocenters. The van der Waals surface area contributed by atoms with Gasteiger partial charge in [-0.15, -0.1) is 0 Å². The zero-order valence-corrected chi connectivity index (χ0v) is 8.73. The Labute approximate surface area is 88.9 Å². The maximum Gasteiger partial charge on any atom is 0.323 e. The van der Waals surface area contributed by atoms with Gasteiger partial charge in [0, 0.05) is 13.0 Å². The van der Waals surface area contributed by atoms with E-state index in [1.807, 2.05) is 24.3 Å². The van der Waals surface area contributed by atoms with E-state index in [0.29, 0.717) is 13.0 Å². The zero-order chi connectivity index (χ0) is 11.5. The molecule has 1 atom stereocenters. The van der Waals surface area contributed by atoms with E-state index in [4.69, 9.17) is 16.6 Å². The molecule has 0 saturated carbocycles. The number of hydrogen-bond donors (Lipinski definition) is 3. The third-order valence-corrected chi connectivity index (χ3v) is 2.32. The second-order valence-electron chi connectivity index (χ2n) is 3.92. The summed E-state index contributed by atoms with van der Waals surface area (Å²) < 4.78 is 0. The van der Waals surface area contributed by atoms with Gasteiger partial charge in [-0.3, -0.25) is 4.79 Å². The number of aliphatic carboxylic acids is 1. The molecule has 0 saturated heterocycles. The van der Waals surface area contributed by atoms with Gasteiger partial charge in [-0.2, -0.15) is 0 Å². The van der Waals surface area contributed by atoms with Gasteiger partial charge in [0.15, 0.2) is 0 Å². The fourth-order valence-electron chi connectivity index (χ4n) is 1.29. The van der Waals surface area contributed by atoms with E-state index in [0.717, 1.165) is 11.1 Å². The van der Waals surface area contributed by atoms with E-state index in [2.05, 4.69) is 0 Å². The third-order valence-electron chi connectivity index (χ3n) is 2.32. The standard InChI is InChI=1S/C11H16N2O2/c1-11(13,10(14)15)6-8-2-4-9(7-12)5-3-8/h2-5H,6-7,12-13H2,1H3,(H,14,15)/t11-/m0/s1. The predicted octanol–water partition coefficient (Wildman–Crippen LogP) is 0.490. The molecule has 4 heteroatoms. The van der Waals surface area contributed by atoms with Gasteiger partial charge in [0.1, 0.15) is 5.54 Å². The minimum absolute atomic E-state index is 0.313. The van der Waals surface area contributed by atoms with Crippen LogP contribution in [0, 0.1) is 0 Å². The lowest BCUT2D eigenvalue weighted by Gasteiger charge is -2.19. The van der Waals surface area contributed by atoms with Crippen molar-refractivity contribution in [1.29, 1.82) is 0 Å². The van der Waals surface area contributed by atoms with Gasteiger partial charge >= 0.3 is 5.97 Å². The van der Waals surface area contributed by atoms with E-state index in [1.54, 1.807) is 0 Å². The van der Waals surface area contributed by atoms with Crippen molar-refractivity contribution in [2.75, 3.05) is 0 Å². The summed E-state index contributed by atoms with van der Waals surface area (Å²) >= 11 is 0. The van der Waals surface area contributed by atoms with Gasteiger partial charge in [-0.1, -0.05) is 24.3 Å². The number of carbonyl (C=O) groups is 1. The van der Waals surface area contributed by atoms with Gasteiger partial charge in [0.2, 0.25) is 0 Å². The number of nitrogens with two attached hydrogens (primary N) is 2.